The zero-order valence-corrected chi connectivity index (χ0v) is 15.5. The van der Waals surface area contributed by atoms with E-state index < -0.39 is 16.0 Å². The number of aromatic nitrogens is 1. The van der Waals surface area contributed by atoms with Crippen LogP contribution in [-0.2, 0) is 14.8 Å². The summed E-state index contributed by atoms with van der Waals surface area (Å²) >= 11 is 1.24. The van der Waals surface area contributed by atoms with Gasteiger partial charge in [0.25, 0.3) is 10.0 Å². The Labute approximate surface area is 154 Å². The average Bonchev–Trinajstić information content (AvgIpc) is 3.13. The van der Waals surface area contributed by atoms with E-state index >= 15 is 0 Å². The molecule has 0 bridgehead atoms. The minimum atomic E-state index is -3.93. The minimum Gasteiger partial charge on any atom is -0.495 e. The lowest BCUT2D eigenvalue weighted by Crippen LogP contribution is -2.36. The van der Waals surface area contributed by atoms with Crippen LogP contribution in [0.5, 0.6) is 5.75 Å². The molecule has 0 aliphatic carbocycles. The first kappa shape index (κ1) is 18.4. The van der Waals surface area contributed by atoms with Crippen molar-refractivity contribution in [3.8, 4) is 5.75 Å². The van der Waals surface area contributed by atoms with Gasteiger partial charge in [0, 0.05) is 18.5 Å². The maximum Gasteiger partial charge on any atom is 0.335 e. The highest BCUT2D eigenvalue weighted by molar-refractivity contribution is 7.92. The fraction of sp³-hybridized carbons (Fsp3) is 0.333. The van der Waals surface area contributed by atoms with Gasteiger partial charge < -0.3 is 19.5 Å². The summed E-state index contributed by atoms with van der Waals surface area (Å²) in [7, 11) is -2.60. The molecule has 2 aromatic rings. The number of carboxylic acid groups (broad SMARTS) is 1. The van der Waals surface area contributed by atoms with Crippen molar-refractivity contribution in [2.24, 2.45) is 0 Å². The maximum atomic E-state index is 12.6. The van der Waals surface area contributed by atoms with Crippen molar-refractivity contribution < 1.29 is 27.8 Å². The quantitative estimate of drug-likeness (QED) is 0.750. The van der Waals surface area contributed by atoms with Gasteiger partial charge in [-0.3, -0.25) is 4.72 Å². The van der Waals surface area contributed by atoms with Crippen molar-refractivity contribution >= 4 is 38.1 Å². The third kappa shape index (κ3) is 3.89. The summed E-state index contributed by atoms with van der Waals surface area (Å²) in [6, 6.07) is 3.89. The standard InChI is InChI=1S/C15H17N3O6S2/c1-23-12-8-10(14(19)20)2-3-11(12)17-26(21,22)13-9-25-15(16-13)18-4-6-24-7-5-18/h2-3,8-9,17H,4-7H2,1H3,(H,19,20). The van der Waals surface area contributed by atoms with Gasteiger partial charge in [-0.15, -0.1) is 11.3 Å². The number of morpholine rings is 1. The van der Waals surface area contributed by atoms with Crippen molar-refractivity contribution in [1.82, 2.24) is 4.98 Å². The highest BCUT2D eigenvalue weighted by atomic mass is 32.2. The van der Waals surface area contributed by atoms with E-state index in [1.54, 1.807) is 0 Å². The van der Waals surface area contributed by atoms with Crippen molar-refractivity contribution in [3.63, 3.8) is 0 Å². The number of rotatable bonds is 6. The van der Waals surface area contributed by atoms with Gasteiger partial charge in [0.1, 0.15) is 5.75 Å². The smallest absolute Gasteiger partial charge is 0.335 e. The lowest BCUT2D eigenvalue weighted by atomic mass is 10.2. The van der Waals surface area contributed by atoms with Gasteiger partial charge in [-0.25, -0.2) is 9.78 Å². The van der Waals surface area contributed by atoms with Crippen LogP contribution in [0, 0.1) is 0 Å². The number of nitrogens with zero attached hydrogens (tertiary/aromatic N) is 2. The average molecular weight is 399 g/mol. The summed E-state index contributed by atoms with van der Waals surface area (Å²) in [6.45, 7) is 2.47. The lowest BCUT2D eigenvalue weighted by molar-refractivity contribution is 0.0696. The molecule has 1 fully saturated rings. The summed E-state index contributed by atoms with van der Waals surface area (Å²) in [5.41, 5.74) is 0.131. The molecule has 0 atom stereocenters. The van der Waals surface area contributed by atoms with Gasteiger partial charge in [0.15, 0.2) is 10.2 Å². The molecule has 0 radical (unpaired) electrons. The molecular formula is C15H17N3O6S2. The predicted molar refractivity (Wildman–Crippen MR) is 95.9 cm³/mol. The Bertz CT molecular complexity index is 906. The van der Waals surface area contributed by atoms with Gasteiger partial charge >= 0.3 is 5.97 Å². The van der Waals surface area contributed by atoms with Crippen LogP contribution >= 0.6 is 11.3 Å². The topological polar surface area (TPSA) is 118 Å². The summed E-state index contributed by atoms with van der Waals surface area (Å²) in [4.78, 5) is 17.2. The minimum absolute atomic E-state index is 0.00643. The zero-order valence-electron chi connectivity index (χ0n) is 13.8. The Kier molecular flexibility index (Phi) is 5.30. The Hall–Kier alpha value is -2.37. The summed E-state index contributed by atoms with van der Waals surface area (Å²) in [5, 5.41) is 11.0. The van der Waals surface area contributed by atoms with E-state index in [0.717, 1.165) is 0 Å². The number of sulfonamides is 1. The van der Waals surface area contributed by atoms with Crippen LogP contribution in [0.25, 0.3) is 0 Å². The second-order valence-electron chi connectivity index (χ2n) is 5.39. The van der Waals surface area contributed by atoms with Crippen molar-refractivity contribution in [2.75, 3.05) is 43.0 Å². The van der Waals surface area contributed by atoms with Crippen molar-refractivity contribution in [3.05, 3.63) is 29.1 Å². The fourth-order valence-electron chi connectivity index (χ4n) is 2.38. The van der Waals surface area contributed by atoms with Gasteiger partial charge in [-0.1, -0.05) is 0 Å². The Morgan fingerprint density at radius 1 is 1.38 bits per heavy atom. The molecule has 2 N–H and O–H groups in total. The predicted octanol–water partition coefficient (Wildman–Crippen LogP) is 1.49. The number of methoxy groups -OCH3 is 1. The first-order chi connectivity index (χ1) is 12.4. The van der Waals surface area contributed by atoms with Crippen LogP contribution in [0.3, 0.4) is 0 Å². The molecule has 0 saturated carbocycles. The van der Waals surface area contributed by atoms with E-state index in [9.17, 15) is 13.2 Å². The number of carbonyl (C=O) groups is 1. The normalized spacial score (nSPS) is 14.9. The Balaban J connectivity index is 1.83. The number of ether oxygens (including phenoxy) is 2. The first-order valence-electron chi connectivity index (χ1n) is 7.63. The molecule has 26 heavy (non-hydrogen) atoms. The van der Waals surface area contributed by atoms with Crippen molar-refractivity contribution in [1.29, 1.82) is 0 Å². The monoisotopic (exact) mass is 399 g/mol. The summed E-state index contributed by atoms with van der Waals surface area (Å²) in [6.07, 6.45) is 0. The van der Waals surface area contributed by atoms with Gasteiger partial charge in [-0.2, -0.15) is 8.42 Å². The molecule has 1 aliphatic heterocycles. The van der Waals surface area contributed by atoms with Gasteiger partial charge in [-0.05, 0) is 18.2 Å². The zero-order chi connectivity index (χ0) is 18.7. The maximum absolute atomic E-state index is 12.6. The van der Waals surface area contributed by atoms with Gasteiger partial charge in [0.05, 0.1) is 31.6 Å². The van der Waals surface area contributed by atoms with Crippen LogP contribution in [-0.4, -0.2) is 57.9 Å². The molecule has 2 heterocycles. The van der Waals surface area contributed by atoms with E-state index in [-0.39, 0.29) is 22.0 Å². The summed E-state index contributed by atoms with van der Waals surface area (Å²) in [5.74, 6) is -1.02. The van der Waals surface area contributed by atoms with Crippen LogP contribution in [0.4, 0.5) is 10.8 Å². The molecule has 0 amide bonds. The molecule has 9 nitrogen and oxygen atoms in total. The van der Waals surface area contributed by atoms with Crippen LogP contribution in [0.15, 0.2) is 28.6 Å². The second-order valence-corrected chi connectivity index (χ2v) is 7.86. The molecule has 1 saturated heterocycles. The number of thiazole rings is 1. The first-order valence-corrected chi connectivity index (χ1v) is 9.99. The van der Waals surface area contributed by atoms with E-state index in [2.05, 4.69) is 9.71 Å². The largest absolute Gasteiger partial charge is 0.495 e. The van der Waals surface area contributed by atoms with Crippen LogP contribution < -0.4 is 14.4 Å². The highest BCUT2D eigenvalue weighted by Crippen LogP contribution is 2.30. The number of anilines is 2. The fourth-order valence-corrected chi connectivity index (χ4v) is 4.60. The molecule has 1 aromatic heterocycles. The SMILES string of the molecule is COc1cc(C(=O)O)ccc1NS(=O)(=O)c1csc(N2CCOCC2)n1. The summed E-state index contributed by atoms with van der Waals surface area (Å²) < 4.78 is 38.0. The van der Waals surface area contributed by atoms with Crippen LogP contribution in [0.1, 0.15) is 10.4 Å². The van der Waals surface area contributed by atoms with Crippen LogP contribution in [0.2, 0.25) is 0 Å². The third-order valence-electron chi connectivity index (χ3n) is 3.72. The Morgan fingerprint density at radius 2 is 2.12 bits per heavy atom. The second kappa shape index (κ2) is 7.48. The van der Waals surface area contributed by atoms with E-state index in [4.69, 9.17) is 14.6 Å². The van der Waals surface area contributed by atoms with Gasteiger partial charge in [0.2, 0.25) is 0 Å². The lowest BCUT2D eigenvalue weighted by Gasteiger charge is -2.25. The molecule has 3 rings (SSSR count). The third-order valence-corrected chi connectivity index (χ3v) is 6.02. The number of hydrogen-bond acceptors (Lipinski definition) is 8. The number of nitrogens with one attached hydrogen (secondary N) is 1. The Morgan fingerprint density at radius 3 is 2.77 bits per heavy atom. The number of hydrogen-bond donors (Lipinski definition) is 2. The van der Waals surface area contributed by atoms with Crippen molar-refractivity contribution in [2.45, 2.75) is 5.03 Å². The number of benzene rings is 1. The molecule has 1 aromatic carbocycles. The molecule has 0 unspecified atom stereocenters. The number of aromatic carboxylic acids is 1. The molecular weight excluding hydrogens is 382 g/mol. The molecule has 11 heteroatoms. The molecule has 1 aliphatic rings. The molecule has 140 valence electrons. The van der Waals surface area contributed by atoms with E-state index in [1.807, 2.05) is 4.90 Å². The molecule has 0 spiro atoms. The number of carboxylic acids is 1. The highest BCUT2D eigenvalue weighted by Gasteiger charge is 2.23. The van der Waals surface area contributed by atoms with E-state index in [0.29, 0.717) is 31.4 Å². The van der Waals surface area contributed by atoms with E-state index in [1.165, 1.54) is 42.0 Å².